The van der Waals surface area contributed by atoms with Crippen LogP contribution in [-0.4, -0.2) is 6.09 Å². The monoisotopic (exact) mass is 265 g/mol. The molecule has 0 aromatic heterocycles. The molecule has 2 aromatic carbocycles. The van der Waals surface area contributed by atoms with Crippen molar-refractivity contribution in [2.75, 3.05) is 0 Å². The highest BCUT2D eigenvalue weighted by Crippen LogP contribution is 2.15. The molecule has 0 bridgehead atoms. The van der Waals surface area contributed by atoms with Gasteiger partial charge in [-0.05, 0) is 30.7 Å². The second-order valence-electron chi connectivity index (χ2n) is 4.34. The molecule has 1 amide bonds. The normalized spacial score (nSPS) is 11.2. The number of rotatable bonds is 3. The quantitative estimate of drug-likeness (QED) is 0.862. The van der Waals surface area contributed by atoms with Crippen LogP contribution in [-0.2, 0) is 0 Å². The largest absolute Gasteiger partial charge is 0.413 e. The molecule has 2 rings (SSSR count). The summed E-state index contributed by atoms with van der Waals surface area (Å²) in [6.07, 6.45) is 4.80. The second kappa shape index (κ2) is 6.44. The van der Waals surface area contributed by atoms with Gasteiger partial charge in [0.2, 0.25) is 0 Å². The lowest BCUT2D eigenvalue weighted by molar-refractivity contribution is 0.197. The van der Waals surface area contributed by atoms with Crippen molar-refractivity contribution in [3.63, 3.8) is 0 Å². The number of hydrogen-bond acceptors (Lipinski definition) is 2. The highest BCUT2D eigenvalue weighted by Gasteiger charge is 2.10. The maximum atomic E-state index is 11.8. The van der Waals surface area contributed by atoms with Gasteiger partial charge in [-0.3, -0.25) is 0 Å². The van der Waals surface area contributed by atoms with Crippen molar-refractivity contribution in [3.8, 4) is 18.1 Å². The molecule has 1 N–H and O–H groups in total. The van der Waals surface area contributed by atoms with Crippen molar-refractivity contribution >= 4 is 6.09 Å². The second-order valence-corrected chi connectivity index (χ2v) is 4.34. The standard InChI is InChI=1S/C17H15NO2/c1-3-14-8-7-11-16(12-14)20-17(19)18-13(2)15-9-5-4-6-10-15/h1,4-13H,2H3,(H,18,19)/t13-/m1/s1. The van der Waals surface area contributed by atoms with Crippen LogP contribution in [0.1, 0.15) is 24.1 Å². The summed E-state index contributed by atoms with van der Waals surface area (Å²) in [7, 11) is 0. The number of hydrogen-bond donors (Lipinski definition) is 1. The third-order valence-corrected chi connectivity index (χ3v) is 2.85. The van der Waals surface area contributed by atoms with E-state index in [4.69, 9.17) is 11.2 Å². The third kappa shape index (κ3) is 3.63. The minimum absolute atomic E-state index is 0.125. The van der Waals surface area contributed by atoms with Crippen molar-refractivity contribution in [2.45, 2.75) is 13.0 Å². The van der Waals surface area contributed by atoms with Crippen LogP contribution in [0.3, 0.4) is 0 Å². The molecule has 0 saturated carbocycles. The zero-order valence-corrected chi connectivity index (χ0v) is 11.2. The predicted molar refractivity (Wildman–Crippen MR) is 78.4 cm³/mol. The summed E-state index contributed by atoms with van der Waals surface area (Å²) in [5, 5.41) is 2.77. The molecule has 3 nitrogen and oxygen atoms in total. The van der Waals surface area contributed by atoms with E-state index in [9.17, 15) is 4.79 Å². The number of carbonyl (C=O) groups is 1. The van der Waals surface area contributed by atoms with E-state index >= 15 is 0 Å². The van der Waals surface area contributed by atoms with Gasteiger partial charge in [0.05, 0.1) is 6.04 Å². The Hall–Kier alpha value is -2.73. The van der Waals surface area contributed by atoms with Gasteiger partial charge in [-0.25, -0.2) is 4.79 Å². The Bertz CT molecular complexity index is 629. The van der Waals surface area contributed by atoms with Gasteiger partial charge in [0.15, 0.2) is 0 Å². The lowest BCUT2D eigenvalue weighted by Gasteiger charge is -2.14. The highest BCUT2D eigenvalue weighted by molar-refractivity contribution is 5.71. The SMILES string of the molecule is C#Cc1cccc(OC(=O)N[C@H](C)c2ccccc2)c1. The minimum Gasteiger partial charge on any atom is -0.410 e. The zero-order valence-electron chi connectivity index (χ0n) is 11.2. The summed E-state index contributed by atoms with van der Waals surface area (Å²) in [6.45, 7) is 1.90. The highest BCUT2D eigenvalue weighted by atomic mass is 16.6. The Balaban J connectivity index is 1.97. The maximum absolute atomic E-state index is 11.8. The number of amides is 1. The minimum atomic E-state index is -0.504. The van der Waals surface area contributed by atoms with E-state index in [0.29, 0.717) is 11.3 Å². The first kappa shape index (κ1) is 13.7. The lowest BCUT2D eigenvalue weighted by atomic mass is 10.1. The fourth-order valence-corrected chi connectivity index (χ4v) is 1.79. The molecule has 100 valence electrons. The molecule has 0 fully saturated rings. The van der Waals surface area contributed by atoms with E-state index in [0.717, 1.165) is 5.56 Å². The van der Waals surface area contributed by atoms with Gasteiger partial charge >= 0.3 is 6.09 Å². The molecule has 3 heteroatoms. The smallest absolute Gasteiger partial charge is 0.410 e. The zero-order chi connectivity index (χ0) is 14.4. The summed E-state index contributed by atoms with van der Waals surface area (Å²) in [4.78, 5) is 11.8. The van der Waals surface area contributed by atoms with Gasteiger partial charge in [0.1, 0.15) is 5.75 Å². The van der Waals surface area contributed by atoms with Crippen LogP contribution in [0.5, 0.6) is 5.75 Å². The average Bonchev–Trinajstić information content (AvgIpc) is 2.48. The predicted octanol–water partition coefficient (Wildman–Crippen LogP) is 3.52. The van der Waals surface area contributed by atoms with Crippen LogP contribution in [0.15, 0.2) is 54.6 Å². The molecule has 20 heavy (non-hydrogen) atoms. The van der Waals surface area contributed by atoms with E-state index in [1.807, 2.05) is 37.3 Å². The molecule has 0 aliphatic heterocycles. The van der Waals surface area contributed by atoms with E-state index in [1.165, 1.54) is 0 Å². The lowest BCUT2D eigenvalue weighted by Crippen LogP contribution is -2.29. The molecular weight excluding hydrogens is 250 g/mol. The van der Waals surface area contributed by atoms with Crippen molar-refractivity contribution in [1.82, 2.24) is 5.32 Å². The van der Waals surface area contributed by atoms with Crippen LogP contribution in [0, 0.1) is 12.3 Å². The molecule has 0 aliphatic carbocycles. The first-order valence-corrected chi connectivity index (χ1v) is 6.29. The Labute approximate surface area is 118 Å². The third-order valence-electron chi connectivity index (χ3n) is 2.85. The van der Waals surface area contributed by atoms with Gasteiger partial charge < -0.3 is 10.1 Å². The number of benzene rings is 2. The molecule has 0 saturated heterocycles. The van der Waals surface area contributed by atoms with Crippen molar-refractivity contribution in [2.24, 2.45) is 0 Å². The number of nitrogens with one attached hydrogen (secondary N) is 1. The fraction of sp³-hybridized carbons (Fsp3) is 0.118. The Morgan fingerprint density at radius 2 is 1.95 bits per heavy atom. The van der Waals surface area contributed by atoms with Crippen LogP contribution in [0.25, 0.3) is 0 Å². The van der Waals surface area contributed by atoms with Gasteiger partial charge in [-0.1, -0.05) is 42.3 Å². The summed E-state index contributed by atoms with van der Waals surface area (Å²) in [6, 6.07) is 16.4. The maximum Gasteiger partial charge on any atom is 0.413 e. The molecular formula is C17H15NO2. The number of terminal acetylenes is 1. The molecule has 0 unspecified atom stereocenters. The van der Waals surface area contributed by atoms with Gasteiger partial charge in [-0.2, -0.15) is 0 Å². The molecule has 0 radical (unpaired) electrons. The van der Waals surface area contributed by atoms with E-state index in [2.05, 4.69) is 11.2 Å². The van der Waals surface area contributed by atoms with Crippen molar-refractivity contribution < 1.29 is 9.53 Å². The molecule has 1 atom stereocenters. The number of carbonyl (C=O) groups excluding carboxylic acids is 1. The van der Waals surface area contributed by atoms with Gasteiger partial charge in [0.25, 0.3) is 0 Å². The number of ether oxygens (including phenoxy) is 1. The van der Waals surface area contributed by atoms with Crippen LogP contribution < -0.4 is 10.1 Å². The summed E-state index contributed by atoms with van der Waals surface area (Å²) < 4.78 is 5.20. The van der Waals surface area contributed by atoms with Crippen molar-refractivity contribution in [1.29, 1.82) is 0 Å². The Morgan fingerprint density at radius 1 is 1.20 bits per heavy atom. The van der Waals surface area contributed by atoms with E-state index in [-0.39, 0.29) is 6.04 Å². The Kier molecular flexibility index (Phi) is 4.41. The van der Waals surface area contributed by atoms with Crippen LogP contribution >= 0.6 is 0 Å². The van der Waals surface area contributed by atoms with Crippen LogP contribution in [0.2, 0.25) is 0 Å². The van der Waals surface area contributed by atoms with Crippen molar-refractivity contribution in [3.05, 3.63) is 65.7 Å². The van der Waals surface area contributed by atoms with Gasteiger partial charge in [0, 0.05) is 5.56 Å². The summed E-state index contributed by atoms with van der Waals surface area (Å²) in [5.41, 5.74) is 1.69. The van der Waals surface area contributed by atoms with Crippen LogP contribution in [0.4, 0.5) is 4.79 Å². The average molecular weight is 265 g/mol. The summed E-state index contributed by atoms with van der Waals surface area (Å²) >= 11 is 0. The molecule has 0 spiro atoms. The first-order valence-electron chi connectivity index (χ1n) is 6.29. The molecule has 0 aliphatic rings. The van der Waals surface area contributed by atoms with E-state index < -0.39 is 6.09 Å². The fourth-order valence-electron chi connectivity index (χ4n) is 1.79. The van der Waals surface area contributed by atoms with E-state index in [1.54, 1.807) is 24.3 Å². The topological polar surface area (TPSA) is 38.3 Å². The summed E-state index contributed by atoms with van der Waals surface area (Å²) in [5.74, 6) is 2.92. The first-order chi connectivity index (χ1) is 9.69. The van der Waals surface area contributed by atoms with Gasteiger partial charge in [-0.15, -0.1) is 6.42 Å². The Morgan fingerprint density at radius 3 is 2.65 bits per heavy atom. The molecule has 0 heterocycles. The molecule has 2 aromatic rings.